The monoisotopic (exact) mass is 463 g/mol. The van der Waals surface area contributed by atoms with Crippen LogP contribution in [0, 0.1) is 0 Å². The molecule has 1 saturated heterocycles. The average molecular weight is 464 g/mol. The lowest BCUT2D eigenvalue weighted by atomic mass is 10.1. The Morgan fingerprint density at radius 3 is 2.59 bits per heavy atom. The van der Waals surface area contributed by atoms with E-state index >= 15 is 0 Å². The van der Waals surface area contributed by atoms with E-state index in [4.69, 9.17) is 24.4 Å². The van der Waals surface area contributed by atoms with Crippen molar-refractivity contribution in [2.75, 3.05) is 44.9 Å². The number of methoxy groups -OCH3 is 1. The second kappa shape index (κ2) is 9.78. The minimum atomic E-state index is 0.121. The normalized spacial score (nSPS) is 14.1. The predicted molar refractivity (Wildman–Crippen MR) is 129 cm³/mol. The molecule has 0 atom stereocenters. The summed E-state index contributed by atoms with van der Waals surface area (Å²) in [7, 11) is 1.61. The Kier molecular flexibility index (Phi) is 6.41. The highest BCUT2D eigenvalue weighted by Gasteiger charge is 2.24. The summed E-state index contributed by atoms with van der Waals surface area (Å²) < 4.78 is 14.9. The Morgan fingerprint density at radius 2 is 1.88 bits per heavy atom. The lowest BCUT2D eigenvalue weighted by Gasteiger charge is -2.28. The first kappa shape index (κ1) is 22.3. The molecule has 0 bridgehead atoms. The van der Waals surface area contributed by atoms with E-state index in [9.17, 15) is 5.11 Å². The lowest BCUT2D eigenvalue weighted by molar-refractivity contribution is 0.122. The van der Waals surface area contributed by atoms with Crippen LogP contribution < -0.4 is 9.64 Å². The topological polar surface area (TPSA) is 103 Å². The summed E-state index contributed by atoms with van der Waals surface area (Å²) >= 11 is 0. The maximum absolute atomic E-state index is 9.35. The lowest BCUT2D eigenvalue weighted by Crippen LogP contribution is -2.37. The van der Waals surface area contributed by atoms with Gasteiger partial charge >= 0.3 is 0 Å². The molecule has 5 rings (SSSR count). The van der Waals surface area contributed by atoms with Crippen molar-refractivity contribution in [1.29, 1.82) is 0 Å². The number of aromatic nitrogens is 6. The Bertz CT molecular complexity index is 1260. The van der Waals surface area contributed by atoms with Gasteiger partial charge in [0.2, 0.25) is 5.88 Å². The third-order valence-electron chi connectivity index (χ3n) is 5.99. The van der Waals surface area contributed by atoms with Gasteiger partial charge in [-0.2, -0.15) is 9.97 Å². The number of aliphatic hydroxyl groups excluding tert-OH is 1. The number of rotatable bonds is 8. The van der Waals surface area contributed by atoms with Crippen LogP contribution in [0.1, 0.15) is 19.2 Å². The largest absolute Gasteiger partial charge is 0.479 e. The molecular formula is C24H29N7O3. The van der Waals surface area contributed by atoms with Gasteiger partial charge in [-0.25, -0.2) is 9.67 Å². The van der Waals surface area contributed by atoms with Crippen LogP contribution in [-0.2, 0) is 17.7 Å². The molecule has 0 spiro atoms. The molecule has 3 aromatic heterocycles. The van der Waals surface area contributed by atoms with Crippen LogP contribution in [0.3, 0.4) is 0 Å². The highest BCUT2D eigenvalue weighted by atomic mass is 16.5. The second-order valence-electron chi connectivity index (χ2n) is 8.08. The Morgan fingerprint density at radius 1 is 1.09 bits per heavy atom. The number of benzene rings is 1. The van der Waals surface area contributed by atoms with Crippen molar-refractivity contribution in [3.05, 3.63) is 42.4 Å². The smallest absolute Gasteiger partial charge is 0.254 e. The number of fused-ring (bicyclic) bond motifs is 1. The molecule has 1 aliphatic heterocycles. The first-order valence-electron chi connectivity index (χ1n) is 11.6. The zero-order valence-corrected chi connectivity index (χ0v) is 19.5. The standard InChI is InChI=1S/C24H29N7O3/c1-3-30-19(10-7-13-32)25-20-21(29-11-14-34-15-12-29)26-24(27-22(20)30)31-16-18(23(28-31)33-2)17-8-5-4-6-9-17/h4-6,8-9,16,32H,3,7,10-15H2,1-2H3. The van der Waals surface area contributed by atoms with Gasteiger partial charge in [-0.3, -0.25) is 0 Å². The molecule has 1 N–H and O–H groups in total. The van der Waals surface area contributed by atoms with Crippen LogP contribution in [-0.4, -0.2) is 74.4 Å². The van der Waals surface area contributed by atoms with Gasteiger partial charge in [0.25, 0.3) is 5.95 Å². The molecule has 0 amide bonds. The molecule has 4 aromatic rings. The van der Waals surface area contributed by atoms with E-state index in [1.165, 1.54) is 0 Å². The van der Waals surface area contributed by atoms with Gasteiger partial charge in [0.05, 0.1) is 25.9 Å². The molecule has 4 heterocycles. The van der Waals surface area contributed by atoms with Gasteiger partial charge in [-0.1, -0.05) is 30.3 Å². The molecule has 178 valence electrons. The van der Waals surface area contributed by atoms with E-state index in [1.54, 1.807) is 11.8 Å². The third-order valence-corrected chi connectivity index (χ3v) is 5.99. The minimum Gasteiger partial charge on any atom is -0.479 e. The van der Waals surface area contributed by atoms with Crippen LogP contribution >= 0.6 is 0 Å². The number of aliphatic hydroxyl groups is 1. The Hall–Kier alpha value is -3.50. The molecule has 34 heavy (non-hydrogen) atoms. The van der Waals surface area contributed by atoms with Gasteiger partial charge in [0.15, 0.2) is 17.0 Å². The highest BCUT2D eigenvalue weighted by Crippen LogP contribution is 2.31. The summed E-state index contributed by atoms with van der Waals surface area (Å²) in [5, 5.41) is 14.0. The van der Waals surface area contributed by atoms with Crippen molar-refractivity contribution in [2.45, 2.75) is 26.3 Å². The molecule has 10 nitrogen and oxygen atoms in total. The number of ether oxygens (including phenoxy) is 2. The molecular weight excluding hydrogens is 434 g/mol. The number of morpholine rings is 1. The van der Waals surface area contributed by atoms with Crippen LogP contribution in [0.2, 0.25) is 0 Å². The van der Waals surface area contributed by atoms with Gasteiger partial charge in [-0.15, -0.1) is 5.10 Å². The van der Waals surface area contributed by atoms with Crippen molar-refractivity contribution < 1.29 is 14.6 Å². The van der Waals surface area contributed by atoms with Gasteiger partial charge in [0, 0.05) is 38.9 Å². The Labute approximate surface area is 197 Å². The number of aryl methyl sites for hydroxylation is 2. The maximum Gasteiger partial charge on any atom is 0.254 e. The molecule has 0 radical (unpaired) electrons. The quantitative estimate of drug-likeness (QED) is 0.425. The number of imidazole rings is 1. The first-order chi connectivity index (χ1) is 16.7. The summed E-state index contributed by atoms with van der Waals surface area (Å²) in [5.74, 6) is 2.64. The van der Waals surface area contributed by atoms with E-state index in [2.05, 4.69) is 21.5 Å². The van der Waals surface area contributed by atoms with E-state index in [-0.39, 0.29) is 6.61 Å². The molecule has 0 unspecified atom stereocenters. The molecule has 1 aromatic carbocycles. The maximum atomic E-state index is 9.35. The number of hydrogen-bond donors (Lipinski definition) is 1. The molecule has 0 aliphatic carbocycles. The number of nitrogens with zero attached hydrogens (tertiary/aromatic N) is 7. The van der Waals surface area contributed by atoms with Crippen LogP contribution in [0.15, 0.2) is 36.5 Å². The van der Waals surface area contributed by atoms with Gasteiger partial charge in [-0.05, 0) is 18.9 Å². The van der Waals surface area contributed by atoms with Crippen molar-refractivity contribution in [3.8, 4) is 23.0 Å². The van der Waals surface area contributed by atoms with Crippen LogP contribution in [0.25, 0.3) is 28.2 Å². The zero-order chi connectivity index (χ0) is 23.5. The molecule has 1 aliphatic rings. The average Bonchev–Trinajstić information content (AvgIpc) is 3.49. The SMILES string of the molecule is CCn1c(CCCO)nc2c(N3CCOCC3)nc(-n3cc(-c4ccccc4)c(OC)n3)nc21. The van der Waals surface area contributed by atoms with Crippen molar-refractivity contribution in [1.82, 2.24) is 29.3 Å². The Balaban J connectivity index is 1.67. The van der Waals surface area contributed by atoms with Crippen LogP contribution in [0.5, 0.6) is 5.88 Å². The molecule has 10 heteroatoms. The third kappa shape index (κ3) is 4.10. The van der Waals surface area contributed by atoms with Crippen LogP contribution in [0.4, 0.5) is 5.82 Å². The van der Waals surface area contributed by atoms with Gasteiger partial charge in [0.1, 0.15) is 5.82 Å². The molecule has 1 fully saturated rings. The number of hydrogen-bond acceptors (Lipinski definition) is 8. The molecule has 0 saturated carbocycles. The summed E-state index contributed by atoms with van der Waals surface area (Å²) in [6, 6.07) is 9.99. The van der Waals surface area contributed by atoms with E-state index in [0.29, 0.717) is 44.4 Å². The van der Waals surface area contributed by atoms with Crippen molar-refractivity contribution in [3.63, 3.8) is 0 Å². The summed E-state index contributed by atoms with van der Waals surface area (Å²) in [4.78, 5) is 16.9. The van der Waals surface area contributed by atoms with Crippen molar-refractivity contribution >= 4 is 17.0 Å². The fraction of sp³-hybridized carbons (Fsp3) is 0.417. The van der Waals surface area contributed by atoms with E-state index < -0.39 is 0 Å². The highest BCUT2D eigenvalue weighted by molar-refractivity contribution is 5.85. The second-order valence-corrected chi connectivity index (χ2v) is 8.08. The summed E-state index contributed by atoms with van der Waals surface area (Å²) in [6.07, 6.45) is 3.22. The minimum absolute atomic E-state index is 0.121. The number of anilines is 1. The fourth-order valence-corrected chi connectivity index (χ4v) is 4.31. The van der Waals surface area contributed by atoms with Crippen molar-refractivity contribution in [2.24, 2.45) is 0 Å². The predicted octanol–water partition coefficient (Wildman–Crippen LogP) is 2.47. The summed E-state index contributed by atoms with van der Waals surface area (Å²) in [6.45, 7) is 5.65. The van der Waals surface area contributed by atoms with E-state index in [1.807, 2.05) is 36.5 Å². The first-order valence-corrected chi connectivity index (χ1v) is 11.6. The fourth-order valence-electron chi connectivity index (χ4n) is 4.31. The zero-order valence-electron chi connectivity index (χ0n) is 19.5. The van der Waals surface area contributed by atoms with Gasteiger partial charge < -0.3 is 24.0 Å². The summed E-state index contributed by atoms with van der Waals surface area (Å²) in [5.41, 5.74) is 3.40. The van der Waals surface area contributed by atoms with E-state index in [0.717, 1.165) is 47.0 Å².